The number of rotatable bonds is 8. The minimum Gasteiger partial charge on any atom is -0.454 e. The van der Waals surface area contributed by atoms with E-state index in [0.29, 0.717) is 32.1 Å². The van der Waals surface area contributed by atoms with Gasteiger partial charge < -0.3 is 14.5 Å². The van der Waals surface area contributed by atoms with Crippen molar-refractivity contribution in [3.05, 3.63) is 54.3 Å². The Morgan fingerprint density at radius 2 is 2.38 bits per heavy atom. The standard InChI is InChI=1S/C15H19N3O3/c1-12(2)11-20-9-7-16-15(19)14-5-4-13(21-14)10-18-8-3-6-17-18/h3-6,8H,1,7,9-11H2,2H3,(H,16,19). The number of nitrogens with zero attached hydrogens (tertiary/aromatic N) is 2. The third-order valence-electron chi connectivity index (χ3n) is 2.64. The Kier molecular flexibility index (Phi) is 5.34. The molecule has 6 heteroatoms. The summed E-state index contributed by atoms with van der Waals surface area (Å²) in [5, 5.41) is 6.82. The summed E-state index contributed by atoms with van der Waals surface area (Å²) in [5.74, 6) is 0.722. The number of hydrogen-bond donors (Lipinski definition) is 1. The van der Waals surface area contributed by atoms with Crippen LogP contribution in [0.4, 0.5) is 0 Å². The lowest BCUT2D eigenvalue weighted by atomic mass is 10.4. The van der Waals surface area contributed by atoms with Crippen LogP contribution in [-0.4, -0.2) is 35.4 Å². The van der Waals surface area contributed by atoms with Crippen molar-refractivity contribution < 1.29 is 13.9 Å². The molecule has 0 fully saturated rings. The van der Waals surface area contributed by atoms with Gasteiger partial charge in [-0.1, -0.05) is 12.2 Å². The monoisotopic (exact) mass is 289 g/mol. The summed E-state index contributed by atoms with van der Waals surface area (Å²) in [6.07, 6.45) is 3.53. The first-order chi connectivity index (χ1) is 10.1. The summed E-state index contributed by atoms with van der Waals surface area (Å²) in [6, 6.07) is 5.26. The van der Waals surface area contributed by atoms with E-state index < -0.39 is 0 Å². The highest BCUT2D eigenvalue weighted by Crippen LogP contribution is 2.09. The van der Waals surface area contributed by atoms with Crippen LogP contribution in [0.2, 0.25) is 0 Å². The van der Waals surface area contributed by atoms with Crippen LogP contribution in [0.25, 0.3) is 0 Å². The first-order valence-electron chi connectivity index (χ1n) is 6.71. The molecular formula is C15H19N3O3. The Morgan fingerprint density at radius 3 is 3.10 bits per heavy atom. The summed E-state index contributed by atoms with van der Waals surface area (Å²) in [5.41, 5.74) is 0.954. The largest absolute Gasteiger partial charge is 0.454 e. The topological polar surface area (TPSA) is 69.3 Å². The van der Waals surface area contributed by atoms with Crippen molar-refractivity contribution >= 4 is 5.91 Å². The zero-order valence-corrected chi connectivity index (χ0v) is 12.0. The van der Waals surface area contributed by atoms with Crippen LogP contribution in [0, 0.1) is 0 Å². The van der Waals surface area contributed by atoms with Gasteiger partial charge in [0.25, 0.3) is 5.91 Å². The zero-order chi connectivity index (χ0) is 15.1. The lowest BCUT2D eigenvalue weighted by Gasteiger charge is -2.05. The van der Waals surface area contributed by atoms with Gasteiger partial charge in [0.15, 0.2) is 5.76 Å². The summed E-state index contributed by atoms with van der Waals surface area (Å²) in [6.45, 7) is 7.51. The third-order valence-corrected chi connectivity index (χ3v) is 2.64. The number of ether oxygens (including phenoxy) is 1. The molecule has 0 saturated carbocycles. The van der Waals surface area contributed by atoms with Crippen LogP contribution in [-0.2, 0) is 11.3 Å². The number of aromatic nitrogens is 2. The fraction of sp³-hybridized carbons (Fsp3) is 0.333. The number of carbonyl (C=O) groups is 1. The molecule has 0 aromatic carbocycles. The average Bonchev–Trinajstić information content (AvgIpc) is 3.10. The van der Waals surface area contributed by atoms with Crippen LogP contribution in [0.5, 0.6) is 0 Å². The number of furan rings is 1. The minimum absolute atomic E-state index is 0.249. The molecule has 0 spiro atoms. The van der Waals surface area contributed by atoms with E-state index in [0.717, 1.165) is 5.57 Å². The second kappa shape index (κ2) is 7.44. The lowest BCUT2D eigenvalue weighted by Crippen LogP contribution is -2.27. The van der Waals surface area contributed by atoms with Crippen LogP contribution in [0.1, 0.15) is 23.2 Å². The van der Waals surface area contributed by atoms with Crippen molar-refractivity contribution in [3.8, 4) is 0 Å². The van der Waals surface area contributed by atoms with Gasteiger partial charge >= 0.3 is 0 Å². The predicted molar refractivity (Wildman–Crippen MR) is 78.0 cm³/mol. The van der Waals surface area contributed by atoms with Gasteiger partial charge in [0.1, 0.15) is 5.76 Å². The smallest absolute Gasteiger partial charge is 0.287 e. The van der Waals surface area contributed by atoms with Gasteiger partial charge in [0.05, 0.1) is 19.8 Å². The first kappa shape index (κ1) is 15.1. The molecule has 0 unspecified atom stereocenters. The van der Waals surface area contributed by atoms with E-state index in [2.05, 4.69) is 17.0 Å². The van der Waals surface area contributed by atoms with Crippen molar-refractivity contribution in [1.82, 2.24) is 15.1 Å². The quantitative estimate of drug-likeness (QED) is 0.595. The molecule has 0 atom stereocenters. The first-order valence-corrected chi connectivity index (χ1v) is 6.71. The summed E-state index contributed by atoms with van der Waals surface area (Å²) in [7, 11) is 0. The normalized spacial score (nSPS) is 10.5. The molecule has 2 aromatic heterocycles. The number of nitrogens with one attached hydrogen (secondary N) is 1. The Labute approximate surface area is 123 Å². The molecule has 2 heterocycles. The molecule has 1 amide bonds. The average molecular weight is 289 g/mol. The fourth-order valence-electron chi connectivity index (χ4n) is 1.71. The molecule has 6 nitrogen and oxygen atoms in total. The number of hydrogen-bond acceptors (Lipinski definition) is 4. The molecule has 21 heavy (non-hydrogen) atoms. The van der Waals surface area contributed by atoms with Gasteiger partial charge in [-0.15, -0.1) is 0 Å². The van der Waals surface area contributed by atoms with E-state index in [1.54, 1.807) is 23.0 Å². The third kappa shape index (κ3) is 4.92. The summed E-state index contributed by atoms with van der Waals surface area (Å²) < 4.78 is 12.5. The SMILES string of the molecule is C=C(C)COCCNC(=O)c1ccc(Cn2cccn2)o1. The maximum absolute atomic E-state index is 11.9. The van der Waals surface area contributed by atoms with Gasteiger partial charge in [-0.3, -0.25) is 9.48 Å². The summed E-state index contributed by atoms with van der Waals surface area (Å²) >= 11 is 0. The molecule has 1 N–H and O–H groups in total. The van der Waals surface area contributed by atoms with Gasteiger partial charge in [-0.2, -0.15) is 5.10 Å². The highest BCUT2D eigenvalue weighted by Gasteiger charge is 2.10. The maximum Gasteiger partial charge on any atom is 0.287 e. The summed E-state index contributed by atoms with van der Waals surface area (Å²) in [4.78, 5) is 11.9. The van der Waals surface area contributed by atoms with E-state index in [4.69, 9.17) is 9.15 Å². The second-order valence-electron chi connectivity index (χ2n) is 4.74. The van der Waals surface area contributed by atoms with Crippen molar-refractivity contribution in [2.24, 2.45) is 0 Å². The molecule has 0 aliphatic carbocycles. The van der Waals surface area contributed by atoms with Gasteiger partial charge in [-0.25, -0.2) is 0 Å². The van der Waals surface area contributed by atoms with E-state index in [9.17, 15) is 4.79 Å². The minimum atomic E-state index is -0.249. The fourth-order valence-corrected chi connectivity index (χ4v) is 1.71. The molecule has 0 radical (unpaired) electrons. The highest BCUT2D eigenvalue weighted by molar-refractivity contribution is 5.91. The Balaban J connectivity index is 1.75. The molecule has 0 saturated heterocycles. The number of carbonyl (C=O) groups excluding carboxylic acids is 1. The van der Waals surface area contributed by atoms with E-state index in [-0.39, 0.29) is 11.7 Å². The van der Waals surface area contributed by atoms with Crippen molar-refractivity contribution in [2.75, 3.05) is 19.8 Å². The van der Waals surface area contributed by atoms with E-state index in [1.807, 2.05) is 19.2 Å². The van der Waals surface area contributed by atoms with Crippen molar-refractivity contribution in [3.63, 3.8) is 0 Å². The van der Waals surface area contributed by atoms with E-state index >= 15 is 0 Å². The molecule has 0 bridgehead atoms. The van der Waals surface area contributed by atoms with Gasteiger partial charge in [0, 0.05) is 18.9 Å². The van der Waals surface area contributed by atoms with E-state index in [1.165, 1.54) is 0 Å². The van der Waals surface area contributed by atoms with Crippen molar-refractivity contribution in [2.45, 2.75) is 13.5 Å². The van der Waals surface area contributed by atoms with Crippen LogP contribution >= 0.6 is 0 Å². The van der Waals surface area contributed by atoms with Crippen LogP contribution in [0.3, 0.4) is 0 Å². The van der Waals surface area contributed by atoms with Crippen LogP contribution < -0.4 is 5.32 Å². The highest BCUT2D eigenvalue weighted by atomic mass is 16.5. The van der Waals surface area contributed by atoms with Crippen molar-refractivity contribution in [1.29, 1.82) is 0 Å². The lowest BCUT2D eigenvalue weighted by molar-refractivity contribution is 0.0897. The van der Waals surface area contributed by atoms with Gasteiger partial charge in [0.2, 0.25) is 0 Å². The Bertz CT molecular complexity index is 587. The Morgan fingerprint density at radius 1 is 1.52 bits per heavy atom. The second-order valence-corrected chi connectivity index (χ2v) is 4.74. The molecular weight excluding hydrogens is 270 g/mol. The Hall–Kier alpha value is -2.34. The molecule has 2 aromatic rings. The molecule has 0 aliphatic rings. The van der Waals surface area contributed by atoms with Crippen LogP contribution in [0.15, 0.2) is 47.2 Å². The molecule has 0 aliphatic heterocycles. The number of amides is 1. The molecule has 112 valence electrons. The zero-order valence-electron chi connectivity index (χ0n) is 12.0. The maximum atomic E-state index is 11.9. The predicted octanol–water partition coefficient (Wildman–Crippen LogP) is 1.85. The molecule has 2 rings (SSSR count). The van der Waals surface area contributed by atoms with Gasteiger partial charge in [-0.05, 0) is 25.1 Å².